The first kappa shape index (κ1) is 14.9. The SMILES string of the molecule is CC.CNC1CCN(C2CCN(C)CC2)CC1. The second-order valence-corrected chi connectivity index (χ2v) is 5.13. The van der Waals surface area contributed by atoms with E-state index in [1.54, 1.807) is 0 Å². The third kappa shape index (κ3) is 4.57. The normalized spacial score (nSPS) is 25.4. The van der Waals surface area contributed by atoms with E-state index in [0.29, 0.717) is 0 Å². The van der Waals surface area contributed by atoms with Crippen LogP contribution >= 0.6 is 0 Å². The molecule has 0 aromatic rings. The molecule has 0 amide bonds. The van der Waals surface area contributed by atoms with E-state index in [0.717, 1.165) is 12.1 Å². The van der Waals surface area contributed by atoms with Crippen molar-refractivity contribution in [2.45, 2.75) is 51.6 Å². The maximum absolute atomic E-state index is 3.40. The molecule has 2 aliphatic rings. The van der Waals surface area contributed by atoms with E-state index in [2.05, 4.69) is 29.2 Å². The summed E-state index contributed by atoms with van der Waals surface area (Å²) >= 11 is 0. The Kier molecular flexibility index (Phi) is 7.09. The van der Waals surface area contributed by atoms with Crippen LogP contribution in [0.2, 0.25) is 0 Å². The molecule has 0 saturated carbocycles. The van der Waals surface area contributed by atoms with E-state index >= 15 is 0 Å². The Hall–Kier alpha value is -0.120. The van der Waals surface area contributed by atoms with E-state index in [1.165, 1.54) is 51.9 Å². The Bertz CT molecular complexity index is 180. The maximum atomic E-state index is 3.40. The van der Waals surface area contributed by atoms with Gasteiger partial charge >= 0.3 is 0 Å². The Morgan fingerprint density at radius 2 is 1.41 bits per heavy atom. The maximum Gasteiger partial charge on any atom is 0.0120 e. The highest BCUT2D eigenvalue weighted by Crippen LogP contribution is 2.20. The highest BCUT2D eigenvalue weighted by atomic mass is 15.2. The molecule has 17 heavy (non-hydrogen) atoms. The van der Waals surface area contributed by atoms with Gasteiger partial charge in [0.1, 0.15) is 0 Å². The summed E-state index contributed by atoms with van der Waals surface area (Å²) in [6.07, 6.45) is 5.42. The number of likely N-dealkylation sites (tertiary alicyclic amines) is 2. The molecular weight excluding hydrogens is 210 g/mol. The van der Waals surface area contributed by atoms with E-state index in [4.69, 9.17) is 0 Å². The minimum Gasteiger partial charge on any atom is -0.317 e. The van der Waals surface area contributed by atoms with Gasteiger partial charge in [-0.15, -0.1) is 0 Å². The van der Waals surface area contributed by atoms with Crippen LogP contribution in [-0.2, 0) is 0 Å². The summed E-state index contributed by atoms with van der Waals surface area (Å²) < 4.78 is 0. The number of nitrogens with zero attached hydrogens (tertiary/aromatic N) is 2. The number of rotatable bonds is 2. The van der Waals surface area contributed by atoms with Crippen LogP contribution in [0.25, 0.3) is 0 Å². The summed E-state index contributed by atoms with van der Waals surface area (Å²) in [7, 11) is 4.33. The standard InChI is InChI=1S/C12H25N3.C2H6/c1-13-11-3-9-15(10-4-11)12-5-7-14(2)8-6-12;1-2/h11-13H,3-10H2,1-2H3;1-2H3. The third-order valence-corrected chi connectivity index (χ3v) is 4.14. The predicted molar refractivity (Wildman–Crippen MR) is 75.5 cm³/mol. The van der Waals surface area contributed by atoms with Gasteiger partial charge in [-0.1, -0.05) is 13.8 Å². The lowest BCUT2D eigenvalue weighted by Gasteiger charge is -2.41. The molecule has 0 aliphatic carbocycles. The zero-order valence-electron chi connectivity index (χ0n) is 12.2. The van der Waals surface area contributed by atoms with Crippen molar-refractivity contribution in [3.05, 3.63) is 0 Å². The fourth-order valence-electron chi connectivity index (χ4n) is 2.91. The Morgan fingerprint density at radius 1 is 0.882 bits per heavy atom. The number of piperidine rings is 2. The zero-order chi connectivity index (χ0) is 12.7. The molecule has 1 N–H and O–H groups in total. The average Bonchev–Trinajstić information content (AvgIpc) is 2.42. The molecule has 2 fully saturated rings. The van der Waals surface area contributed by atoms with Crippen LogP contribution in [-0.4, -0.2) is 62.2 Å². The van der Waals surface area contributed by atoms with Crippen molar-refractivity contribution in [3.8, 4) is 0 Å². The van der Waals surface area contributed by atoms with Gasteiger partial charge in [0.2, 0.25) is 0 Å². The minimum atomic E-state index is 0.771. The summed E-state index contributed by atoms with van der Waals surface area (Å²) in [5.41, 5.74) is 0. The van der Waals surface area contributed by atoms with Gasteiger partial charge < -0.3 is 15.1 Å². The summed E-state index contributed by atoms with van der Waals surface area (Å²) in [5, 5.41) is 3.40. The van der Waals surface area contributed by atoms with Gasteiger partial charge in [-0.05, 0) is 66.0 Å². The van der Waals surface area contributed by atoms with E-state index in [9.17, 15) is 0 Å². The van der Waals surface area contributed by atoms with Crippen molar-refractivity contribution in [2.24, 2.45) is 0 Å². The van der Waals surface area contributed by atoms with Crippen LogP contribution < -0.4 is 5.32 Å². The van der Waals surface area contributed by atoms with Crippen molar-refractivity contribution in [3.63, 3.8) is 0 Å². The lowest BCUT2D eigenvalue weighted by molar-refractivity contribution is 0.0935. The summed E-state index contributed by atoms with van der Waals surface area (Å²) in [5.74, 6) is 0. The first-order chi connectivity index (χ1) is 8.29. The average molecular weight is 241 g/mol. The van der Waals surface area contributed by atoms with Gasteiger partial charge in [0, 0.05) is 12.1 Å². The lowest BCUT2D eigenvalue weighted by atomic mass is 9.98. The first-order valence-corrected chi connectivity index (χ1v) is 7.39. The monoisotopic (exact) mass is 241 g/mol. The Labute approximate surface area is 108 Å². The lowest BCUT2D eigenvalue weighted by Crippen LogP contribution is -2.49. The molecule has 0 aromatic carbocycles. The van der Waals surface area contributed by atoms with E-state index in [-0.39, 0.29) is 0 Å². The van der Waals surface area contributed by atoms with Crippen LogP contribution in [0.4, 0.5) is 0 Å². The molecule has 0 bridgehead atoms. The molecule has 3 heteroatoms. The smallest absolute Gasteiger partial charge is 0.0120 e. The number of hydrogen-bond acceptors (Lipinski definition) is 3. The Balaban J connectivity index is 0.000000686. The van der Waals surface area contributed by atoms with Gasteiger partial charge in [0.15, 0.2) is 0 Å². The van der Waals surface area contributed by atoms with Crippen molar-refractivity contribution in [2.75, 3.05) is 40.3 Å². The largest absolute Gasteiger partial charge is 0.317 e. The highest BCUT2D eigenvalue weighted by Gasteiger charge is 2.26. The molecule has 102 valence electrons. The van der Waals surface area contributed by atoms with Gasteiger partial charge in [-0.25, -0.2) is 0 Å². The molecule has 0 unspecified atom stereocenters. The molecule has 0 aromatic heterocycles. The topological polar surface area (TPSA) is 18.5 Å². The first-order valence-electron chi connectivity index (χ1n) is 7.39. The van der Waals surface area contributed by atoms with Crippen LogP contribution in [0, 0.1) is 0 Å². The zero-order valence-corrected chi connectivity index (χ0v) is 12.2. The summed E-state index contributed by atoms with van der Waals surface area (Å²) in [4.78, 5) is 5.18. The van der Waals surface area contributed by atoms with Crippen molar-refractivity contribution in [1.82, 2.24) is 15.1 Å². The molecule has 0 spiro atoms. The van der Waals surface area contributed by atoms with Gasteiger partial charge in [0.05, 0.1) is 0 Å². The van der Waals surface area contributed by atoms with E-state index < -0.39 is 0 Å². The van der Waals surface area contributed by atoms with Crippen molar-refractivity contribution < 1.29 is 0 Å². The van der Waals surface area contributed by atoms with Gasteiger partial charge in [-0.2, -0.15) is 0 Å². The van der Waals surface area contributed by atoms with E-state index in [1.807, 2.05) is 13.8 Å². The predicted octanol–water partition coefficient (Wildman–Crippen LogP) is 1.79. The molecule has 2 rings (SSSR count). The molecule has 0 atom stereocenters. The van der Waals surface area contributed by atoms with Crippen LogP contribution in [0.5, 0.6) is 0 Å². The Morgan fingerprint density at radius 3 is 1.88 bits per heavy atom. The van der Waals surface area contributed by atoms with Gasteiger partial charge in [-0.3, -0.25) is 0 Å². The molecule has 3 nitrogen and oxygen atoms in total. The van der Waals surface area contributed by atoms with Crippen LogP contribution in [0.15, 0.2) is 0 Å². The van der Waals surface area contributed by atoms with Crippen LogP contribution in [0.3, 0.4) is 0 Å². The summed E-state index contributed by atoms with van der Waals surface area (Å²) in [6, 6.07) is 1.64. The number of nitrogens with one attached hydrogen (secondary N) is 1. The second kappa shape index (κ2) is 8.06. The fraction of sp³-hybridized carbons (Fsp3) is 1.00. The number of hydrogen-bond donors (Lipinski definition) is 1. The van der Waals surface area contributed by atoms with Gasteiger partial charge in [0.25, 0.3) is 0 Å². The minimum absolute atomic E-state index is 0.771. The van der Waals surface area contributed by atoms with Crippen LogP contribution in [0.1, 0.15) is 39.5 Å². The fourth-order valence-corrected chi connectivity index (χ4v) is 2.91. The quantitative estimate of drug-likeness (QED) is 0.795. The molecule has 2 aliphatic heterocycles. The highest BCUT2D eigenvalue weighted by molar-refractivity contribution is 4.83. The van der Waals surface area contributed by atoms with Crippen molar-refractivity contribution in [1.29, 1.82) is 0 Å². The molecule has 2 heterocycles. The molecule has 0 radical (unpaired) electrons. The third-order valence-electron chi connectivity index (χ3n) is 4.14. The summed E-state index contributed by atoms with van der Waals surface area (Å²) in [6.45, 7) is 9.19. The molecular formula is C14H31N3. The van der Waals surface area contributed by atoms with Crippen molar-refractivity contribution >= 4 is 0 Å². The molecule has 2 saturated heterocycles. The second-order valence-electron chi connectivity index (χ2n) is 5.13.